The van der Waals surface area contributed by atoms with Gasteiger partial charge in [0.15, 0.2) is 5.78 Å². The van der Waals surface area contributed by atoms with Crippen LogP contribution >= 0.6 is 0 Å². The van der Waals surface area contributed by atoms with E-state index >= 15 is 0 Å². The minimum Gasteiger partial charge on any atom is -0.303 e. The Hall–Kier alpha value is -1.15. The van der Waals surface area contributed by atoms with Gasteiger partial charge >= 0.3 is 0 Å². The van der Waals surface area contributed by atoms with Crippen LogP contribution in [0.3, 0.4) is 0 Å². The second-order valence-electron chi connectivity index (χ2n) is 6.20. The highest BCUT2D eigenvalue weighted by molar-refractivity contribution is 5.95. The van der Waals surface area contributed by atoms with Gasteiger partial charge in [-0.1, -0.05) is 50.1 Å². The van der Waals surface area contributed by atoms with E-state index in [9.17, 15) is 4.79 Å². The smallest absolute Gasteiger partial charge is 0.162 e. The highest BCUT2D eigenvalue weighted by Gasteiger charge is 2.24. The molecule has 2 rings (SSSR count). The van der Waals surface area contributed by atoms with E-state index in [1.54, 1.807) is 0 Å². The van der Waals surface area contributed by atoms with Gasteiger partial charge in [0.05, 0.1) is 0 Å². The van der Waals surface area contributed by atoms with Crippen molar-refractivity contribution in [3.05, 3.63) is 35.9 Å². The Morgan fingerprint density at radius 3 is 2.60 bits per heavy atom. The Labute approximate surface area is 123 Å². The Balaban J connectivity index is 1.74. The third-order valence-electron chi connectivity index (χ3n) is 4.64. The molecule has 1 aromatic carbocycles. The first-order chi connectivity index (χ1) is 9.68. The molecule has 0 spiro atoms. The van der Waals surface area contributed by atoms with Crippen molar-refractivity contribution in [1.29, 1.82) is 0 Å². The number of carbonyl (C=O) groups excluding carboxylic acids is 1. The maximum absolute atomic E-state index is 12.0. The van der Waals surface area contributed by atoms with Crippen LogP contribution in [0.25, 0.3) is 0 Å². The number of Topliss-reactive ketones (excluding diaryl/α,β-unsaturated/α-hetero) is 1. The van der Waals surface area contributed by atoms with E-state index in [4.69, 9.17) is 0 Å². The fraction of sp³-hybridized carbons (Fsp3) is 0.611. The first kappa shape index (κ1) is 15.2. The fourth-order valence-corrected chi connectivity index (χ4v) is 3.37. The summed E-state index contributed by atoms with van der Waals surface area (Å²) in [5.74, 6) is 1.08. The lowest BCUT2D eigenvalue weighted by Gasteiger charge is -2.36. The van der Waals surface area contributed by atoms with E-state index in [0.717, 1.165) is 30.5 Å². The maximum atomic E-state index is 12.0. The van der Waals surface area contributed by atoms with Gasteiger partial charge in [0.1, 0.15) is 0 Å². The third kappa shape index (κ3) is 4.17. The van der Waals surface area contributed by atoms with Gasteiger partial charge < -0.3 is 4.90 Å². The summed E-state index contributed by atoms with van der Waals surface area (Å²) in [6, 6.07) is 10.4. The lowest BCUT2D eigenvalue weighted by Crippen LogP contribution is -2.39. The van der Waals surface area contributed by atoms with Crippen molar-refractivity contribution >= 4 is 5.78 Å². The average Bonchev–Trinajstić information content (AvgIpc) is 2.48. The number of hydrogen-bond acceptors (Lipinski definition) is 2. The summed E-state index contributed by atoms with van der Waals surface area (Å²) in [6.45, 7) is 3.41. The first-order valence-corrected chi connectivity index (χ1v) is 7.97. The largest absolute Gasteiger partial charge is 0.303 e. The van der Waals surface area contributed by atoms with E-state index in [1.165, 1.54) is 25.7 Å². The summed E-state index contributed by atoms with van der Waals surface area (Å²) in [7, 11) is 2.22. The molecule has 2 atom stereocenters. The molecule has 2 nitrogen and oxygen atoms in total. The van der Waals surface area contributed by atoms with Crippen LogP contribution in [0, 0.1) is 5.92 Å². The molecule has 2 heteroatoms. The summed E-state index contributed by atoms with van der Waals surface area (Å²) in [5, 5.41) is 0. The zero-order chi connectivity index (χ0) is 14.4. The molecule has 0 aromatic heterocycles. The van der Waals surface area contributed by atoms with Crippen molar-refractivity contribution < 1.29 is 4.79 Å². The van der Waals surface area contributed by atoms with E-state index < -0.39 is 0 Å². The normalized spacial score (nSPS) is 22.9. The quantitative estimate of drug-likeness (QED) is 0.725. The molecule has 1 aliphatic carbocycles. The number of rotatable bonds is 6. The molecule has 110 valence electrons. The van der Waals surface area contributed by atoms with Crippen LogP contribution in [0.1, 0.15) is 55.8 Å². The summed E-state index contributed by atoms with van der Waals surface area (Å²) >= 11 is 0. The molecule has 0 radical (unpaired) electrons. The van der Waals surface area contributed by atoms with Gasteiger partial charge in [-0.2, -0.15) is 0 Å². The van der Waals surface area contributed by atoms with Gasteiger partial charge in [-0.25, -0.2) is 0 Å². The first-order valence-electron chi connectivity index (χ1n) is 7.97. The Morgan fingerprint density at radius 1 is 1.20 bits per heavy atom. The molecule has 2 unspecified atom stereocenters. The number of ketones is 1. The average molecular weight is 273 g/mol. The second-order valence-corrected chi connectivity index (χ2v) is 6.20. The van der Waals surface area contributed by atoms with E-state index in [1.807, 2.05) is 30.3 Å². The van der Waals surface area contributed by atoms with Crippen molar-refractivity contribution in [1.82, 2.24) is 4.90 Å². The molecule has 1 aliphatic rings. The summed E-state index contributed by atoms with van der Waals surface area (Å²) in [5.41, 5.74) is 0.848. The van der Waals surface area contributed by atoms with Crippen LogP contribution in [0.2, 0.25) is 0 Å². The molecule has 1 fully saturated rings. The molecular formula is C18H27NO. The predicted molar refractivity (Wildman–Crippen MR) is 84.1 cm³/mol. The number of hydrogen-bond donors (Lipinski definition) is 0. The van der Waals surface area contributed by atoms with Crippen molar-refractivity contribution in [2.24, 2.45) is 5.92 Å². The molecular weight excluding hydrogens is 246 g/mol. The molecule has 1 aromatic rings. The zero-order valence-electron chi connectivity index (χ0n) is 12.8. The van der Waals surface area contributed by atoms with Crippen LogP contribution in [0.4, 0.5) is 0 Å². The lowest BCUT2D eigenvalue weighted by atomic mass is 9.85. The molecule has 0 saturated heterocycles. The standard InChI is InChI=1S/C18H27NO/c1-15-9-6-7-12-17(15)19(2)14-8-13-18(20)16-10-4-3-5-11-16/h3-5,10-11,15,17H,6-9,12-14H2,1-2H3. The molecule has 1 saturated carbocycles. The van der Waals surface area contributed by atoms with E-state index in [-0.39, 0.29) is 5.78 Å². The van der Waals surface area contributed by atoms with Crippen LogP contribution < -0.4 is 0 Å². The number of nitrogens with zero attached hydrogens (tertiary/aromatic N) is 1. The van der Waals surface area contributed by atoms with Gasteiger partial charge in [-0.05, 0) is 38.8 Å². The monoisotopic (exact) mass is 273 g/mol. The molecule has 0 N–H and O–H groups in total. The summed E-state index contributed by atoms with van der Waals surface area (Å²) in [4.78, 5) is 14.5. The lowest BCUT2D eigenvalue weighted by molar-refractivity contribution is 0.0962. The number of carbonyl (C=O) groups is 1. The van der Waals surface area contributed by atoms with Crippen molar-refractivity contribution in [3.63, 3.8) is 0 Å². The van der Waals surface area contributed by atoms with Crippen LogP contribution in [0.5, 0.6) is 0 Å². The van der Waals surface area contributed by atoms with Crippen LogP contribution in [-0.2, 0) is 0 Å². The number of benzene rings is 1. The van der Waals surface area contributed by atoms with Gasteiger partial charge in [-0.15, -0.1) is 0 Å². The Morgan fingerprint density at radius 2 is 1.90 bits per heavy atom. The van der Waals surface area contributed by atoms with Crippen molar-refractivity contribution in [3.8, 4) is 0 Å². The highest BCUT2D eigenvalue weighted by Crippen LogP contribution is 2.27. The van der Waals surface area contributed by atoms with Gasteiger partial charge in [0.25, 0.3) is 0 Å². The Kier molecular flexibility index (Phi) is 5.78. The van der Waals surface area contributed by atoms with Crippen molar-refractivity contribution in [2.75, 3.05) is 13.6 Å². The zero-order valence-corrected chi connectivity index (χ0v) is 12.8. The van der Waals surface area contributed by atoms with E-state index in [2.05, 4.69) is 18.9 Å². The predicted octanol–water partition coefficient (Wildman–Crippen LogP) is 4.16. The SMILES string of the molecule is CC1CCCCC1N(C)CCCC(=O)c1ccccc1. The minimum absolute atomic E-state index is 0.274. The molecule has 0 amide bonds. The second kappa shape index (κ2) is 7.58. The maximum Gasteiger partial charge on any atom is 0.162 e. The summed E-state index contributed by atoms with van der Waals surface area (Å²) < 4.78 is 0. The minimum atomic E-state index is 0.274. The van der Waals surface area contributed by atoms with Gasteiger partial charge in [0.2, 0.25) is 0 Å². The Bertz CT molecular complexity index is 415. The highest BCUT2D eigenvalue weighted by atomic mass is 16.1. The molecule has 0 aliphatic heterocycles. The third-order valence-corrected chi connectivity index (χ3v) is 4.64. The van der Waals surface area contributed by atoms with Crippen LogP contribution in [-0.4, -0.2) is 30.3 Å². The molecule has 0 bridgehead atoms. The van der Waals surface area contributed by atoms with Crippen LogP contribution in [0.15, 0.2) is 30.3 Å². The van der Waals surface area contributed by atoms with E-state index in [0.29, 0.717) is 6.42 Å². The topological polar surface area (TPSA) is 20.3 Å². The van der Waals surface area contributed by atoms with Gasteiger partial charge in [-0.3, -0.25) is 4.79 Å². The van der Waals surface area contributed by atoms with Gasteiger partial charge in [0, 0.05) is 18.0 Å². The van der Waals surface area contributed by atoms with Crippen molar-refractivity contribution in [2.45, 2.75) is 51.5 Å². The molecule has 0 heterocycles. The molecule has 20 heavy (non-hydrogen) atoms. The fourth-order valence-electron chi connectivity index (χ4n) is 3.37. The summed E-state index contributed by atoms with van der Waals surface area (Å²) in [6.07, 6.45) is 7.06.